The third kappa shape index (κ3) is 4.93. The van der Waals surface area contributed by atoms with Gasteiger partial charge in [0.1, 0.15) is 11.6 Å². The van der Waals surface area contributed by atoms with Gasteiger partial charge < -0.3 is 15.0 Å². The zero-order valence-corrected chi connectivity index (χ0v) is 14.6. The molecule has 1 aliphatic rings. The average molecular weight is 340 g/mol. The van der Waals surface area contributed by atoms with Crippen LogP contribution in [0.1, 0.15) is 12.8 Å². The molecule has 1 fully saturated rings. The van der Waals surface area contributed by atoms with Gasteiger partial charge in [-0.05, 0) is 51.1 Å². The van der Waals surface area contributed by atoms with Gasteiger partial charge in [0.15, 0.2) is 0 Å². The molecule has 0 radical (unpaired) electrons. The molecule has 0 unspecified atom stereocenters. The van der Waals surface area contributed by atoms with Gasteiger partial charge in [0, 0.05) is 18.7 Å². The molecule has 2 N–H and O–H groups in total. The number of benzene rings is 1. The van der Waals surface area contributed by atoms with E-state index in [-0.39, 0.29) is 6.03 Å². The Labute approximate surface area is 148 Å². The number of rotatable bonds is 6. The summed E-state index contributed by atoms with van der Waals surface area (Å²) in [6.45, 7) is 0.691. The van der Waals surface area contributed by atoms with Gasteiger partial charge in [-0.1, -0.05) is 24.3 Å². The number of para-hydroxylation sites is 1. The molecule has 0 atom stereocenters. The van der Waals surface area contributed by atoms with Crippen molar-refractivity contribution in [1.29, 1.82) is 0 Å². The van der Waals surface area contributed by atoms with Crippen LogP contribution >= 0.6 is 0 Å². The first-order valence-electron chi connectivity index (χ1n) is 8.51. The Morgan fingerprint density at radius 2 is 1.92 bits per heavy atom. The highest BCUT2D eigenvalue weighted by molar-refractivity contribution is 5.88. The van der Waals surface area contributed by atoms with Gasteiger partial charge >= 0.3 is 6.03 Å². The topological polar surface area (TPSA) is 66.5 Å². The van der Waals surface area contributed by atoms with Gasteiger partial charge in [-0.2, -0.15) is 4.98 Å². The fraction of sp³-hybridized carbons (Fsp3) is 0.368. The zero-order chi connectivity index (χ0) is 17.6. The number of carbonyl (C=O) groups excluding carboxylic acids is 1. The van der Waals surface area contributed by atoms with Crippen LogP contribution < -0.4 is 15.4 Å². The summed E-state index contributed by atoms with van der Waals surface area (Å²) < 4.78 is 5.67. The number of ether oxygens (including phenoxy) is 1. The van der Waals surface area contributed by atoms with E-state index in [1.165, 1.54) is 0 Å². The van der Waals surface area contributed by atoms with Crippen molar-refractivity contribution in [2.45, 2.75) is 18.9 Å². The van der Waals surface area contributed by atoms with Crippen LogP contribution in [0, 0.1) is 5.92 Å². The maximum absolute atomic E-state index is 12.0. The van der Waals surface area contributed by atoms with Crippen LogP contribution in [0.25, 0.3) is 0 Å². The van der Waals surface area contributed by atoms with Crippen LogP contribution in [0.5, 0.6) is 11.6 Å². The number of aromatic nitrogens is 1. The van der Waals surface area contributed by atoms with E-state index in [1.54, 1.807) is 18.2 Å². The molecule has 1 heterocycles. The molecule has 1 aliphatic carbocycles. The van der Waals surface area contributed by atoms with Crippen molar-refractivity contribution in [1.82, 2.24) is 15.2 Å². The van der Waals surface area contributed by atoms with Crippen LogP contribution in [-0.2, 0) is 0 Å². The van der Waals surface area contributed by atoms with Crippen molar-refractivity contribution in [2.75, 3.05) is 26.0 Å². The van der Waals surface area contributed by atoms with Crippen LogP contribution in [-0.4, -0.2) is 42.6 Å². The van der Waals surface area contributed by atoms with Gasteiger partial charge in [-0.25, -0.2) is 4.79 Å². The second kappa shape index (κ2) is 7.98. The van der Waals surface area contributed by atoms with E-state index in [1.807, 2.05) is 30.3 Å². The Bertz CT molecular complexity index is 700. The number of hydrogen-bond donors (Lipinski definition) is 2. The Morgan fingerprint density at radius 1 is 1.16 bits per heavy atom. The molecule has 1 aromatic carbocycles. The molecule has 2 amide bonds. The highest BCUT2D eigenvalue weighted by atomic mass is 16.5. The van der Waals surface area contributed by atoms with Gasteiger partial charge in [0.25, 0.3) is 0 Å². The van der Waals surface area contributed by atoms with Gasteiger partial charge in [-0.3, -0.25) is 5.32 Å². The third-order valence-electron chi connectivity index (χ3n) is 4.42. The van der Waals surface area contributed by atoms with E-state index in [4.69, 9.17) is 4.74 Å². The first-order valence-corrected chi connectivity index (χ1v) is 8.51. The van der Waals surface area contributed by atoms with E-state index < -0.39 is 0 Å². The first-order chi connectivity index (χ1) is 12.1. The lowest BCUT2D eigenvalue weighted by atomic mass is 9.79. The summed E-state index contributed by atoms with van der Waals surface area (Å²) in [6, 6.07) is 15.1. The van der Waals surface area contributed by atoms with Crippen molar-refractivity contribution in [3.63, 3.8) is 0 Å². The molecule has 0 bridgehead atoms. The van der Waals surface area contributed by atoms with E-state index in [9.17, 15) is 4.79 Å². The third-order valence-corrected chi connectivity index (χ3v) is 4.42. The Kier molecular flexibility index (Phi) is 5.50. The highest BCUT2D eigenvalue weighted by Gasteiger charge is 2.30. The summed E-state index contributed by atoms with van der Waals surface area (Å²) in [4.78, 5) is 18.6. The van der Waals surface area contributed by atoms with E-state index in [2.05, 4.69) is 34.6 Å². The van der Waals surface area contributed by atoms with Crippen molar-refractivity contribution < 1.29 is 9.53 Å². The molecular formula is C19H24N4O2. The van der Waals surface area contributed by atoms with Crippen molar-refractivity contribution in [2.24, 2.45) is 5.92 Å². The van der Waals surface area contributed by atoms with Crippen molar-refractivity contribution >= 4 is 11.8 Å². The normalized spacial score (nSPS) is 19.2. The molecule has 0 spiro atoms. The molecule has 3 rings (SSSR count). The largest absolute Gasteiger partial charge is 0.439 e. The van der Waals surface area contributed by atoms with E-state index in [0.29, 0.717) is 36.0 Å². The Morgan fingerprint density at radius 3 is 2.64 bits per heavy atom. The molecule has 25 heavy (non-hydrogen) atoms. The molecule has 6 nitrogen and oxygen atoms in total. The lowest BCUT2D eigenvalue weighted by Gasteiger charge is -2.39. The van der Waals surface area contributed by atoms with Gasteiger partial charge in [-0.15, -0.1) is 0 Å². The summed E-state index contributed by atoms with van der Waals surface area (Å²) in [5.41, 5.74) is 0. The second-order valence-electron chi connectivity index (χ2n) is 6.57. The van der Waals surface area contributed by atoms with Gasteiger partial charge in [0.05, 0.1) is 0 Å². The Balaban J connectivity index is 1.46. The molecule has 1 saturated carbocycles. The number of amides is 2. The number of nitrogens with zero attached hydrogens (tertiary/aromatic N) is 2. The zero-order valence-electron chi connectivity index (χ0n) is 14.6. The van der Waals surface area contributed by atoms with Crippen molar-refractivity contribution in [3.05, 3.63) is 48.5 Å². The summed E-state index contributed by atoms with van der Waals surface area (Å²) in [7, 11) is 4.19. The lowest BCUT2D eigenvalue weighted by Crippen LogP contribution is -2.45. The number of hydrogen-bond acceptors (Lipinski definition) is 4. The minimum absolute atomic E-state index is 0.238. The quantitative estimate of drug-likeness (QED) is 0.846. The molecule has 0 saturated heterocycles. The number of carbonyl (C=O) groups is 1. The standard InChI is InChI=1S/C19H24N4O2/c1-23(2)15-11-14(12-15)13-20-19(24)22-17-9-6-10-18(21-17)25-16-7-4-3-5-8-16/h3-10,14-15H,11-13H2,1-2H3,(H2,20,21,22,24). The maximum Gasteiger partial charge on any atom is 0.320 e. The Hall–Kier alpha value is -2.60. The van der Waals surface area contributed by atoms with Crippen LogP contribution in [0.3, 0.4) is 0 Å². The van der Waals surface area contributed by atoms with E-state index in [0.717, 1.165) is 12.8 Å². The average Bonchev–Trinajstić information content (AvgIpc) is 2.54. The molecule has 6 heteroatoms. The maximum atomic E-state index is 12.0. The predicted octanol–water partition coefficient (Wildman–Crippen LogP) is 3.34. The number of anilines is 1. The molecule has 0 aliphatic heterocycles. The second-order valence-corrected chi connectivity index (χ2v) is 6.57. The summed E-state index contributed by atoms with van der Waals surface area (Å²) in [5, 5.41) is 5.67. The number of urea groups is 1. The fourth-order valence-electron chi connectivity index (χ4n) is 2.84. The summed E-state index contributed by atoms with van der Waals surface area (Å²) >= 11 is 0. The molecule has 132 valence electrons. The monoisotopic (exact) mass is 340 g/mol. The smallest absolute Gasteiger partial charge is 0.320 e. The van der Waals surface area contributed by atoms with Crippen LogP contribution in [0.2, 0.25) is 0 Å². The minimum atomic E-state index is -0.238. The van der Waals surface area contributed by atoms with Crippen molar-refractivity contribution in [3.8, 4) is 11.6 Å². The number of nitrogens with one attached hydrogen (secondary N) is 2. The SMILES string of the molecule is CN(C)C1CC(CNC(=O)Nc2cccc(Oc3ccccc3)n2)C1. The highest BCUT2D eigenvalue weighted by Crippen LogP contribution is 2.29. The fourth-order valence-corrected chi connectivity index (χ4v) is 2.84. The van der Waals surface area contributed by atoms with E-state index >= 15 is 0 Å². The van der Waals surface area contributed by atoms with Gasteiger partial charge in [0.2, 0.25) is 5.88 Å². The molecule has 1 aromatic heterocycles. The van der Waals surface area contributed by atoms with Crippen LogP contribution in [0.15, 0.2) is 48.5 Å². The predicted molar refractivity (Wildman–Crippen MR) is 98.0 cm³/mol. The molecule has 2 aromatic rings. The first kappa shape index (κ1) is 17.2. The minimum Gasteiger partial charge on any atom is -0.439 e. The molecular weight excluding hydrogens is 316 g/mol. The summed E-state index contributed by atoms with van der Waals surface area (Å²) in [5.74, 6) is 2.17. The lowest BCUT2D eigenvalue weighted by molar-refractivity contribution is 0.124. The summed E-state index contributed by atoms with van der Waals surface area (Å²) in [6.07, 6.45) is 2.26. The number of pyridine rings is 1. The van der Waals surface area contributed by atoms with Crippen LogP contribution in [0.4, 0.5) is 10.6 Å².